The van der Waals surface area contributed by atoms with Gasteiger partial charge in [0.25, 0.3) is 5.91 Å². The third kappa shape index (κ3) is 4.34. The Labute approximate surface area is 138 Å². The lowest BCUT2D eigenvalue weighted by atomic mass is 10.1. The van der Waals surface area contributed by atoms with Crippen LogP contribution >= 0.6 is 0 Å². The number of rotatable bonds is 7. The molecule has 0 bridgehead atoms. The molecule has 0 heterocycles. The van der Waals surface area contributed by atoms with Crippen LogP contribution in [0.15, 0.2) is 30.3 Å². The van der Waals surface area contributed by atoms with Crippen molar-refractivity contribution in [2.45, 2.75) is 63.5 Å². The van der Waals surface area contributed by atoms with Gasteiger partial charge in [-0.15, -0.1) is 0 Å². The van der Waals surface area contributed by atoms with Crippen LogP contribution in [-0.4, -0.2) is 35.3 Å². The molecule has 4 nitrogen and oxygen atoms in total. The largest absolute Gasteiger partial charge is 0.352 e. The number of carbonyl (C=O) groups is 2. The normalized spacial score (nSPS) is 17.9. The predicted octanol–water partition coefficient (Wildman–Crippen LogP) is 3.13. The van der Waals surface area contributed by atoms with E-state index in [1.807, 2.05) is 18.2 Å². The third-order valence-corrected chi connectivity index (χ3v) is 4.84. The Balaban J connectivity index is 1.41. The van der Waals surface area contributed by atoms with E-state index < -0.39 is 0 Å². The first-order chi connectivity index (χ1) is 11.3. The zero-order valence-corrected chi connectivity index (χ0v) is 13.7. The Morgan fingerprint density at radius 1 is 1.00 bits per heavy atom. The molecule has 23 heavy (non-hydrogen) atoms. The number of carbonyl (C=O) groups excluding carboxylic acids is 2. The highest BCUT2D eigenvalue weighted by Gasteiger charge is 2.37. The first-order valence-electron chi connectivity index (χ1n) is 8.90. The Morgan fingerprint density at radius 2 is 1.65 bits per heavy atom. The van der Waals surface area contributed by atoms with Crippen molar-refractivity contribution in [2.75, 3.05) is 6.54 Å². The summed E-state index contributed by atoms with van der Waals surface area (Å²) in [6.45, 7) is 0.558. The Hall–Kier alpha value is -1.84. The Bertz CT molecular complexity index is 534. The summed E-state index contributed by atoms with van der Waals surface area (Å²) < 4.78 is 0. The lowest BCUT2D eigenvalue weighted by Gasteiger charge is -2.29. The summed E-state index contributed by atoms with van der Waals surface area (Å²) >= 11 is 0. The number of amides is 2. The van der Waals surface area contributed by atoms with Gasteiger partial charge in [-0.25, -0.2) is 0 Å². The van der Waals surface area contributed by atoms with Gasteiger partial charge in [0.2, 0.25) is 5.91 Å². The summed E-state index contributed by atoms with van der Waals surface area (Å²) in [7, 11) is 0. The van der Waals surface area contributed by atoms with Gasteiger partial charge in [0.05, 0.1) is 0 Å². The van der Waals surface area contributed by atoms with Crippen molar-refractivity contribution >= 4 is 11.8 Å². The molecule has 2 aliphatic carbocycles. The van der Waals surface area contributed by atoms with Crippen LogP contribution in [0, 0.1) is 0 Å². The Morgan fingerprint density at radius 3 is 2.30 bits per heavy atom. The van der Waals surface area contributed by atoms with E-state index in [0.717, 1.165) is 0 Å². The fourth-order valence-corrected chi connectivity index (χ4v) is 3.50. The quantitative estimate of drug-likeness (QED) is 0.786. The minimum atomic E-state index is -0.0621. The van der Waals surface area contributed by atoms with Crippen LogP contribution in [0.3, 0.4) is 0 Å². The molecule has 0 aliphatic heterocycles. The van der Waals surface area contributed by atoms with E-state index >= 15 is 0 Å². The van der Waals surface area contributed by atoms with E-state index in [0.29, 0.717) is 37.0 Å². The molecule has 0 spiro atoms. The highest BCUT2D eigenvalue weighted by molar-refractivity contribution is 5.94. The van der Waals surface area contributed by atoms with Crippen LogP contribution < -0.4 is 5.32 Å². The second-order valence-electron chi connectivity index (χ2n) is 6.70. The summed E-state index contributed by atoms with van der Waals surface area (Å²) in [5.41, 5.74) is 0.671. The Kier molecular flexibility index (Phi) is 5.31. The summed E-state index contributed by atoms with van der Waals surface area (Å²) in [6.07, 6.45) is 8.47. The molecule has 1 aromatic rings. The molecular weight excluding hydrogens is 288 g/mol. The van der Waals surface area contributed by atoms with Gasteiger partial charge in [0, 0.05) is 30.6 Å². The molecule has 0 saturated heterocycles. The van der Waals surface area contributed by atoms with Gasteiger partial charge in [-0.1, -0.05) is 31.0 Å². The molecule has 0 aromatic heterocycles. The highest BCUT2D eigenvalue weighted by atomic mass is 16.2. The standard InChI is InChI=1S/C19H26N2O2/c22-18(21(17-12-13-17)16-9-4-5-10-16)11-6-14-20-19(23)15-7-2-1-3-8-15/h1-3,7-8,16-17H,4-6,9-14H2,(H,20,23). The number of nitrogens with zero attached hydrogens (tertiary/aromatic N) is 1. The minimum Gasteiger partial charge on any atom is -0.352 e. The first kappa shape index (κ1) is 16.0. The van der Waals surface area contributed by atoms with Gasteiger partial charge in [-0.05, 0) is 44.2 Å². The van der Waals surface area contributed by atoms with Crippen LogP contribution in [0.25, 0.3) is 0 Å². The fourth-order valence-electron chi connectivity index (χ4n) is 3.50. The third-order valence-electron chi connectivity index (χ3n) is 4.84. The molecule has 0 unspecified atom stereocenters. The number of benzene rings is 1. The second kappa shape index (κ2) is 7.62. The molecule has 4 heteroatoms. The number of hydrogen-bond acceptors (Lipinski definition) is 2. The van der Waals surface area contributed by atoms with Gasteiger partial charge in [0.15, 0.2) is 0 Å². The van der Waals surface area contributed by atoms with Crippen LogP contribution in [0.4, 0.5) is 0 Å². The molecule has 1 aromatic carbocycles. The van der Waals surface area contributed by atoms with Crippen molar-refractivity contribution < 1.29 is 9.59 Å². The van der Waals surface area contributed by atoms with Gasteiger partial charge in [-0.2, -0.15) is 0 Å². The molecule has 2 fully saturated rings. The maximum absolute atomic E-state index is 12.5. The molecule has 3 rings (SSSR count). The van der Waals surface area contributed by atoms with Crippen molar-refractivity contribution in [1.29, 1.82) is 0 Å². The fraction of sp³-hybridized carbons (Fsp3) is 0.579. The molecule has 0 atom stereocenters. The van der Waals surface area contributed by atoms with Gasteiger partial charge < -0.3 is 10.2 Å². The van der Waals surface area contributed by atoms with E-state index in [4.69, 9.17) is 0 Å². The average Bonchev–Trinajstić information content (AvgIpc) is 3.26. The summed E-state index contributed by atoms with van der Waals surface area (Å²) in [5.74, 6) is 0.223. The van der Waals surface area contributed by atoms with Crippen molar-refractivity contribution in [3.8, 4) is 0 Å². The molecule has 124 valence electrons. The molecule has 2 amide bonds. The van der Waals surface area contributed by atoms with Crippen molar-refractivity contribution in [3.05, 3.63) is 35.9 Å². The topological polar surface area (TPSA) is 49.4 Å². The average molecular weight is 314 g/mol. The maximum atomic E-state index is 12.5. The predicted molar refractivity (Wildman–Crippen MR) is 90.1 cm³/mol. The highest BCUT2D eigenvalue weighted by Crippen LogP contribution is 2.34. The lowest BCUT2D eigenvalue weighted by molar-refractivity contribution is -0.134. The van der Waals surface area contributed by atoms with E-state index in [-0.39, 0.29) is 11.8 Å². The molecule has 1 N–H and O–H groups in total. The van der Waals surface area contributed by atoms with E-state index in [1.165, 1.54) is 38.5 Å². The van der Waals surface area contributed by atoms with Gasteiger partial charge >= 0.3 is 0 Å². The minimum absolute atomic E-state index is 0.0621. The SMILES string of the molecule is O=C(NCCCC(=O)N(C1CCCC1)C1CC1)c1ccccc1. The zero-order valence-electron chi connectivity index (χ0n) is 13.7. The summed E-state index contributed by atoms with van der Waals surface area (Å²) in [5, 5.41) is 2.90. The van der Waals surface area contributed by atoms with Crippen LogP contribution in [0.1, 0.15) is 61.7 Å². The molecule has 2 saturated carbocycles. The second-order valence-corrected chi connectivity index (χ2v) is 6.70. The van der Waals surface area contributed by atoms with Crippen LogP contribution in [0.5, 0.6) is 0 Å². The van der Waals surface area contributed by atoms with Crippen molar-refractivity contribution in [2.24, 2.45) is 0 Å². The van der Waals surface area contributed by atoms with Crippen molar-refractivity contribution in [3.63, 3.8) is 0 Å². The first-order valence-corrected chi connectivity index (χ1v) is 8.90. The van der Waals surface area contributed by atoms with Gasteiger partial charge in [0.1, 0.15) is 0 Å². The summed E-state index contributed by atoms with van der Waals surface area (Å²) in [6, 6.07) is 10.2. The van der Waals surface area contributed by atoms with Crippen LogP contribution in [0.2, 0.25) is 0 Å². The summed E-state index contributed by atoms with van der Waals surface area (Å²) in [4.78, 5) is 26.7. The van der Waals surface area contributed by atoms with Crippen LogP contribution in [-0.2, 0) is 4.79 Å². The smallest absolute Gasteiger partial charge is 0.251 e. The van der Waals surface area contributed by atoms with E-state index in [9.17, 15) is 9.59 Å². The number of nitrogens with one attached hydrogen (secondary N) is 1. The number of hydrogen-bond donors (Lipinski definition) is 1. The monoisotopic (exact) mass is 314 g/mol. The van der Waals surface area contributed by atoms with E-state index in [1.54, 1.807) is 12.1 Å². The maximum Gasteiger partial charge on any atom is 0.251 e. The van der Waals surface area contributed by atoms with Crippen molar-refractivity contribution in [1.82, 2.24) is 10.2 Å². The lowest BCUT2D eigenvalue weighted by Crippen LogP contribution is -2.40. The molecule has 0 radical (unpaired) electrons. The zero-order chi connectivity index (χ0) is 16.1. The molecular formula is C19H26N2O2. The molecule has 2 aliphatic rings. The van der Waals surface area contributed by atoms with E-state index in [2.05, 4.69) is 10.2 Å². The van der Waals surface area contributed by atoms with Gasteiger partial charge in [-0.3, -0.25) is 9.59 Å².